The molecule has 3 aromatic heterocycles. The summed E-state index contributed by atoms with van der Waals surface area (Å²) >= 11 is 0. The monoisotopic (exact) mass is 582 g/mol. The molecule has 1 aliphatic carbocycles. The number of nitrogens with zero attached hydrogens (tertiary/aromatic N) is 6. The largest absolute Gasteiger partial charge is 0.379 e. The molecule has 0 radical (unpaired) electrons. The quantitative estimate of drug-likeness (QED) is 0.366. The summed E-state index contributed by atoms with van der Waals surface area (Å²) in [6.07, 6.45) is 2.65. The minimum atomic E-state index is -3.13. The summed E-state index contributed by atoms with van der Waals surface area (Å²) in [5.41, 5.74) is 1.33. The number of amides is 3. The molecule has 2 atom stereocenters. The Hall–Kier alpha value is -3.82. The Labute approximate surface area is 231 Å². The number of carbonyl (C=O) groups is 2. The SMILES string of the molecule is CCOCC(c1cnn2cc([C@@H](NC(=O)c3nonc3C)C3CCC(F)(F)CC3)nc2c1)N1CC(F)(F)CNC1=O. The number of rotatable bonds is 9. The molecule has 1 saturated carbocycles. The predicted octanol–water partition coefficient (Wildman–Crippen LogP) is 3.46. The van der Waals surface area contributed by atoms with Crippen LogP contribution in [0.2, 0.25) is 0 Å². The molecule has 2 fully saturated rings. The van der Waals surface area contributed by atoms with Crippen molar-refractivity contribution in [3.63, 3.8) is 0 Å². The molecule has 0 spiro atoms. The van der Waals surface area contributed by atoms with E-state index in [4.69, 9.17) is 4.74 Å². The van der Waals surface area contributed by atoms with Crippen molar-refractivity contribution in [3.05, 3.63) is 41.1 Å². The minimum absolute atomic E-state index is 0.0318. The van der Waals surface area contributed by atoms with Crippen LogP contribution in [0.1, 0.15) is 72.1 Å². The van der Waals surface area contributed by atoms with Gasteiger partial charge in [-0.3, -0.25) is 4.79 Å². The first-order valence-electron chi connectivity index (χ1n) is 13.3. The van der Waals surface area contributed by atoms with Crippen molar-refractivity contribution in [1.29, 1.82) is 0 Å². The first kappa shape index (κ1) is 28.7. The van der Waals surface area contributed by atoms with Gasteiger partial charge in [0.25, 0.3) is 11.8 Å². The molecule has 1 aliphatic heterocycles. The van der Waals surface area contributed by atoms with Crippen molar-refractivity contribution >= 4 is 17.6 Å². The summed E-state index contributed by atoms with van der Waals surface area (Å²) in [6, 6.07) is -0.693. The third kappa shape index (κ3) is 6.26. The average Bonchev–Trinajstić information content (AvgIpc) is 3.55. The Morgan fingerprint density at radius 3 is 2.68 bits per heavy atom. The molecule has 1 saturated heterocycles. The van der Waals surface area contributed by atoms with E-state index in [0.717, 1.165) is 4.90 Å². The molecule has 2 N–H and O–H groups in total. The molecule has 3 aromatic rings. The van der Waals surface area contributed by atoms with Crippen LogP contribution in [-0.2, 0) is 4.74 Å². The minimum Gasteiger partial charge on any atom is -0.379 e. The molecule has 12 nitrogen and oxygen atoms in total. The van der Waals surface area contributed by atoms with Crippen LogP contribution in [0.3, 0.4) is 0 Å². The Balaban J connectivity index is 1.47. The zero-order valence-electron chi connectivity index (χ0n) is 22.4. The number of urea groups is 1. The van der Waals surface area contributed by atoms with E-state index >= 15 is 0 Å². The molecule has 3 amide bonds. The highest BCUT2D eigenvalue weighted by atomic mass is 19.3. The number of aryl methyl sites for hydroxylation is 1. The predicted molar refractivity (Wildman–Crippen MR) is 133 cm³/mol. The summed E-state index contributed by atoms with van der Waals surface area (Å²) in [5, 5.41) is 16.7. The summed E-state index contributed by atoms with van der Waals surface area (Å²) in [6.45, 7) is 2.00. The second-order valence-electron chi connectivity index (χ2n) is 10.4. The standard InChI is InChI=1S/C25H30F4N8O4/c1-3-40-11-18(36-13-25(28,29)12-30-23(36)39)16-8-19-32-17(10-37(19)31-9-16)21(15-4-6-24(26,27)7-5-15)33-22(38)20-14(2)34-41-35-20/h8-10,15,18,21H,3-7,11-13H2,1-2H3,(H,30,39)(H,33,38)/t18?,21-/m0/s1. The lowest BCUT2D eigenvalue weighted by molar-refractivity contribution is -0.0527. The van der Waals surface area contributed by atoms with Gasteiger partial charge >= 0.3 is 6.03 Å². The molecule has 0 bridgehead atoms. The van der Waals surface area contributed by atoms with Crippen LogP contribution in [0.15, 0.2) is 23.1 Å². The molecular weight excluding hydrogens is 552 g/mol. The Morgan fingerprint density at radius 2 is 2.00 bits per heavy atom. The van der Waals surface area contributed by atoms with Gasteiger partial charge in [-0.25, -0.2) is 36.5 Å². The Morgan fingerprint density at radius 1 is 1.24 bits per heavy atom. The molecular formula is C25H30F4N8O4. The topological polar surface area (TPSA) is 140 Å². The number of imidazole rings is 1. The van der Waals surface area contributed by atoms with Gasteiger partial charge in [0.2, 0.25) is 5.92 Å². The van der Waals surface area contributed by atoms with Gasteiger partial charge in [-0.2, -0.15) is 5.10 Å². The maximum atomic E-state index is 14.2. The molecule has 41 heavy (non-hydrogen) atoms. The first-order valence-corrected chi connectivity index (χ1v) is 13.3. The fourth-order valence-corrected chi connectivity index (χ4v) is 5.25. The second kappa shape index (κ2) is 11.2. The van der Waals surface area contributed by atoms with E-state index in [2.05, 4.69) is 35.7 Å². The molecule has 5 rings (SSSR count). The molecule has 4 heterocycles. The number of halogens is 4. The van der Waals surface area contributed by atoms with Crippen LogP contribution in [0.25, 0.3) is 5.65 Å². The van der Waals surface area contributed by atoms with Gasteiger partial charge in [0, 0.05) is 25.0 Å². The van der Waals surface area contributed by atoms with E-state index in [0.29, 0.717) is 23.5 Å². The average molecular weight is 583 g/mol. The second-order valence-corrected chi connectivity index (χ2v) is 10.4. The van der Waals surface area contributed by atoms with Gasteiger partial charge in [-0.1, -0.05) is 5.16 Å². The molecule has 222 valence electrons. The number of alkyl halides is 4. The zero-order valence-corrected chi connectivity index (χ0v) is 22.4. The lowest BCUT2D eigenvalue weighted by Crippen LogP contribution is -2.58. The number of hydrogen-bond donors (Lipinski definition) is 2. The zero-order chi connectivity index (χ0) is 29.4. The summed E-state index contributed by atoms with van der Waals surface area (Å²) in [5.74, 6) is -6.85. The molecule has 0 aromatic carbocycles. The lowest BCUT2D eigenvalue weighted by Gasteiger charge is -2.38. The van der Waals surface area contributed by atoms with E-state index in [1.807, 2.05) is 0 Å². The van der Waals surface area contributed by atoms with Crippen molar-refractivity contribution in [2.24, 2.45) is 5.92 Å². The van der Waals surface area contributed by atoms with E-state index in [-0.39, 0.29) is 49.6 Å². The van der Waals surface area contributed by atoms with Gasteiger partial charge in [0.1, 0.15) is 5.69 Å². The smallest absolute Gasteiger partial charge is 0.318 e. The van der Waals surface area contributed by atoms with Gasteiger partial charge in [0.15, 0.2) is 11.3 Å². The highest BCUT2D eigenvalue weighted by Gasteiger charge is 2.43. The maximum absolute atomic E-state index is 14.2. The van der Waals surface area contributed by atoms with Crippen LogP contribution in [0, 0.1) is 12.8 Å². The Bertz CT molecular complexity index is 1400. The maximum Gasteiger partial charge on any atom is 0.318 e. The number of fused-ring (bicyclic) bond motifs is 1. The highest BCUT2D eigenvalue weighted by Crippen LogP contribution is 2.41. The van der Waals surface area contributed by atoms with Crippen molar-refractivity contribution in [2.45, 2.75) is 63.5 Å². The first-order chi connectivity index (χ1) is 19.5. The lowest BCUT2D eigenvalue weighted by atomic mass is 9.81. The van der Waals surface area contributed by atoms with Crippen molar-refractivity contribution < 1.29 is 36.5 Å². The van der Waals surface area contributed by atoms with Crippen LogP contribution in [0.4, 0.5) is 22.4 Å². The van der Waals surface area contributed by atoms with Gasteiger partial charge in [-0.05, 0) is 43.8 Å². The van der Waals surface area contributed by atoms with Crippen LogP contribution >= 0.6 is 0 Å². The summed E-state index contributed by atoms with van der Waals surface area (Å²) < 4.78 is 67.9. The highest BCUT2D eigenvalue weighted by molar-refractivity contribution is 5.93. The van der Waals surface area contributed by atoms with Crippen molar-refractivity contribution in [3.8, 4) is 0 Å². The van der Waals surface area contributed by atoms with Crippen molar-refractivity contribution in [1.82, 2.24) is 40.4 Å². The van der Waals surface area contributed by atoms with Crippen molar-refractivity contribution in [2.75, 3.05) is 26.3 Å². The summed E-state index contributed by atoms with van der Waals surface area (Å²) in [4.78, 5) is 31.2. The molecule has 1 unspecified atom stereocenters. The number of nitrogens with one attached hydrogen (secondary N) is 2. The number of hydrogen-bond acceptors (Lipinski definition) is 8. The third-order valence-corrected chi connectivity index (χ3v) is 7.47. The van der Waals surface area contributed by atoms with E-state index in [1.54, 1.807) is 26.1 Å². The van der Waals surface area contributed by atoms with E-state index in [1.165, 1.54) is 10.7 Å². The Kier molecular flexibility index (Phi) is 7.85. The number of carbonyl (C=O) groups excluding carboxylic acids is 2. The van der Waals surface area contributed by atoms with Gasteiger partial charge < -0.3 is 20.3 Å². The van der Waals surface area contributed by atoms with Crippen LogP contribution in [0.5, 0.6) is 0 Å². The fraction of sp³-hybridized carbons (Fsp3) is 0.600. The van der Waals surface area contributed by atoms with Crippen LogP contribution in [-0.4, -0.2) is 79.9 Å². The third-order valence-electron chi connectivity index (χ3n) is 7.47. The normalized spacial score (nSPS) is 20.5. The van der Waals surface area contributed by atoms with E-state index < -0.39 is 49.0 Å². The number of aromatic nitrogens is 5. The van der Waals surface area contributed by atoms with Gasteiger partial charge in [-0.15, -0.1) is 0 Å². The van der Waals surface area contributed by atoms with Crippen LogP contribution < -0.4 is 10.6 Å². The number of ether oxygens (including phenoxy) is 1. The summed E-state index contributed by atoms with van der Waals surface area (Å²) in [7, 11) is 0. The fourth-order valence-electron chi connectivity index (χ4n) is 5.25. The van der Waals surface area contributed by atoms with E-state index in [9.17, 15) is 27.2 Å². The molecule has 16 heteroatoms. The molecule has 2 aliphatic rings. The van der Waals surface area contributed by atoms with Gasteiger partial charge in [0.05, 0.1) is 49.9 Å².